The molecule has 8 heteroatoms. The van der Waals surface area contributed by atoms with Gasteiger partial charge in [0.1, 0.15) is 4.90 Å². The Bertz CT molecular complexity index is 1990. The molecule has 0 atom stereocenters. The van der Waals surface area contributed by atoms with Crippen LogP contribution in [0, 0.1) is 13.8 Å². The second-order valence-electron chi connectivity index (χ2n) is 9.01. The molecule has 3 aromatic heterocycles. The van der Waals surface area contributed by atoms with Gasteiger partial charge in [-0.2, -0.15) is 8.42 Å². The summed E-state index contributed by atoms with van der Waals surface area (Å²) in [7, 11) is -4.40. The topological polar surface area (TPSA) is 93.9 Å². The summed E-state index contributed by atoms with van der Waals surface area (Å²) in [4.78, 5) is 12.5. The fourth-order valence-electron chi connectivity index (χ4n) is 4.99. The molecule has 3 aromatic carbocycles. The summed E-state index contributed by atoms with van der Waals surface area (Å²) in [5.41, 5.74) is 5.02. The predicted molar refractivity (Wildman–Crippen MR) is 139 cm³/mol. The molecule has 6 rings (SSSR count). The Hall–Kier alpha value is -4.14. The molecule has 1 N–H and O–H groups in total. The lowest BCUT2D eigenvalue weighted by atomic mass is 10.0. The third-order valence-electron chi connectivity index (χ3n) is 6.64. The number of hydrogen-bond donors (Lipinski definition) is 1. The number of aromatic nitrogens is 2. The minimum atomic E-state index is -4.40. The smallest absolute Gasteiger partial charge is 0.346 e. The highest BCUT2D eigenvalue weighted by molar-refractivity contribution is 7.86. The van der Waals surface area contributed by atoms with Crippen LogP contribution in [0.25, 0.3) is 33.1 Å². The van der Waals surface area contributed by atoms with Crippen LogP contribution in [-0.2, 0) is 16.5 Å². The van der Waals surface area contributed by atoms with Gasteiger partial charge in [0.25, 0.3) is 10.1 Å². The van der Waals surface area contributed by atoms with Crippen LogP contribution in [0.1, 0.15) is 22.6 Å². The van der Waals surface area contributed by atoms with Crippen molar-refractivity contribution in [2.75, 3.05) is 0 Å². The summed E-state index contributed by atoms with van der Waals surface area (Å²) in [5.74, 6) is 0. The molecule has 0 spiro atoms. The molecule has 0 saturated heterocycles. The van der Waals surface area contributed by atoms with E-state index in [-0.39, 0.29) is 10.5 Å². The van der Waals surface area contributed by atoms with Gasteiger partial charge < -0.3 is 8.98 Å². The van der Waals surface area contributed by atoms with E-state index in [1.54, 1.807) is 24.3 Å². The number of aryl methyl sites for hydroxylation is 2. The van der Waals surface area contributed by atoms with Crippen LogP contribution in [0.4, 0.5) is 0 Å². The zero-order valence-electron chi connectivity index (χ0n) is 19.6. The second kappa shape index (κ2) is 7.94. The van der Waals surface area contributed by atoms with Gasteiger partial charge in [0.15, 0.2) is 0 Å². The molecule has 7 nitrogen and oxygen atoms in total. The highest BCUT2D eigenvalue weighted by Crippen LogP contribution is 2.28. The zero-order chi connectivity index (χ0) is 25.2. The fraction of sp³-hybridized carbons (Fsp3) is 0.107. The van der Waals surface area contributed by atoms with Crippen molar-refractivity contribution in [1.82, 2.24) is 8.97 Å². The first-order chi connectivity index (χ1) is 17.2. The lowest BCUT2D eigenvalue weighted by molar-refractivity contribution is 0.482. The van der Waals surface area contributed by atoms with E-state index in [1.165, 1.54) is 6.07 Å². The molecule has 36 heavy (non-hydrogen) atoms. The van der Waals surface area contributed by atoms with Crippen LogP contribution < -0.4 is 5.63 Å². The Morgan fingerprint density at radius 2 is 1.64 bits per heavy atom. The van der Waals surface area contributed by atoms with Gasteiger partial charge in [-0.15, -0.1) is 0 Å². The van der Waals surface area contributed by atoms with Gasteiger partial charge in [0.05, 0.1) is 16.6 Å². The van der Waals surface area contributed by atoms with Crippen molar-refractivity contribution in [3.8, 4) is 5.69 Å². The summed E-state index contributed by atoms with van der Waals surface area (Å²) >= 11 is 0. The Balaban J connectivity index is 1.47. The number of fused-ring (bicyclic) bond motifs is 4. The van der Waals surface area contributed by atoms with Crippen molar-refractivity contribution in [3.63, 3.8) is 0 Å². The van der Waals surface area contributed by atoms with Crippen LogP contribution in [0.3, 0.4) is 0 Å². The maximum Gasteiger partial charge on any atom is 0.346 e. The largest absolute Gasteiger partial charge is 0.405 e. The molecule has 0 aliphatic heterocycles. The van der Waals surface area contributed by atoms with Gasteiger partial charge >= 0.3 is 5.63 Å². The Morgan fingerprint density at radius 3 is 2.44 bits per heavy atom. The average molecular weight is 499 g/mol. The summed E-state index contributed by atoms with van der Waals surface area (Å²) in [5, 5.41) is 2.41. The van der Waals surface area contributed by atoms with E-state index in [4.69, 9.17) is 4.42 Å². The summed E-state index contributed by atoms with van der Waals surface area (Å²) < 4.78 is 43.1. The van der Waals surface area contributed by atoms with E-state index >= 15 is 0 Å². The normalized spacial score (nSPS) is 12.2. The van der Waals surface area contributed by atoms with Crippen molar-refractivity contribution in [1.29, 1.82) is 0 Å². The Kier molecular flexibility index (Phi) is 4.93. The molecule has 6 aromatic rings. The first-order valence-corrected chi connectivity index (χ1v) is 12.9. The van der Waals surface area contributed by atoms with Gasteiger partial charge in [-0.1, -0.05) is 30.3 Å². The maximum absolute atomic E-state index is 12.7. The van der Waals surface area contributed by atoms with E-state index in [0.29, 0.717) is 23.2 Å². The van der Waals surface area contributed by atoms with Crippen LogP contribution in [0.5, 0.6) is 0 Å². The molecule has 0 saturated carbocycles. The minimum absolute atomic E-state index is 0.145. The van der Waals surface area contributed by atoms with Gasteiger partial charge in [-0.25, -0.2) is 4.79 Å². The Morgan fingerprint density at radius 1 is 0.861 bits per heavy atom. The summed E-state index contributed by atoms with van der Waals surface area (Å²) in [6, 6.07) is 23.9. The number of benzene rings is 3. The first-order valence-electron chi connectivity index (χ1n) is 11.4. The quantitative estimate of drug-likeness (QED) is 0.258. The van der Waals surface area contributed by atoms with Gasteiger partial charge in [-0.05, 0) is 72.6 Å². The van der Waals surface area contributed by atoms with Crippen molar-refractivity contribution in [3.05, 3.63) is 112 Å². The molecule has 0 bridgehead atoms. The third kappa shape index (κ3) is 3.54. The molecule has 0 unspecified atom stereocenters. The standard InChI is InChI=1S/C28H22N2O5S/c1-17-7-11-22(29(17)24-5-3-4-6-26(24)36(32,33)34)14-19-9-10-20-16-25-23(15-21(20)13-19)28(31)35-27-12-8-18(2)30(25)27/h3-13,15-16H,14H2,1-2H3,(H,32,33,34). The summed E-state index contributed by atoms with van der Waals surface area (Å²) in [6.07, 6.45) is 0.520. The van der Waals surface area contributed by atoms with Crippen molar-refractivity contribution in [2.45, 2.75) is 25.2 Å². The zero-order valence-corrected chi connectivity index (χ0v) is 20.4. The van der Waals surface area contributed by atoms with Crippen LogP contribution in [-0.4, -0.2) is 21.9 Å². The molecule has 0 fully saturated rings. The molecule has 0 aliphatic carbocycles. The first kappa shape index (κ1) is 22.3. The monoisotopic (exact) mass is 498 g/mol. The SMILES string of the molecule is Cc1ccc(Cc2ccc3cc4c(cc3c2)c(=O)oc2ccc(C)n24)n1-c1ccccc1S(=O)(=O)O. The molecular formula is C28H22N2O5S. The van der Waals surface area contributed by atoms with Crippen LogP contribution >= 0.6 is 0 Å². The molecule has 0 radical (unpaired) electrons. The lowest BCUT2D eigenvalue weighted by Gasteiger charge is -2.15. The van der Waals surface area contributed by atoms with Gasteiger partial charge in [-0.3, -0.25) is 8.95 Å². The minimum Gasteiger partial charge on any atom is -0.405 e. The number of para-hydroxylation sites is 1. The third-order valence-corrected chi connectivity index (χ3v) is 7.54. The Labute approximate surface area is 206 Å². The fourth-order valence-corrected chi connectivity index (χ4v) is 5.67. The van der Waals surface area contributed by atoms with Gasteiger partial charge in [0, 0.05) is 29.6 Å². The second-order valence-corrected chi connectivity index (χ2v) is 10.4. The van der Waals surface area contributed by atoms with E-state index in [1.807, 2.05) is 71.3 Å². The van der Waals surface area contributed by atoms with Crippen LogP contribution in [0.15, 0.2) is 93.0 Å². The molecule has 3 heterocycles. The predicted octanol–water partition coefficient (Wildman–Crippen LogP) is 5.44. The van der Waals surface area contributed by atoms with E-state index in [0.717, 1.165) is 38.9 Å². The van der Waals surface area contributed by atoms with Crippen molar-refractivity contribution < 1.29 is 17.4 Å². The molecular weight excluding hydrogens is 476 g/mol. The number of nitrogens with zero attached hydrogens (tertiary/aromatic N) is 2. The van der Waals surface area contributed by atoms with E-state index in [2.05, 4.69) is 0 Å². The highest BCUT2D eigenvalue weighted by atomic mass is 32.2. The van der Waals surface area contributed by atoms with Crippen molar-refractivity contribution >= 4 is 37.5 Å². The highest BCUT2D eigenvalue weighted by Gasteiger charge is 2.19. The lowest BCUT2D eigenvalue weighted by Crippen LogP contribution is -2.09. The molecule has 0 aliphatic rings. The van der Waals surface area contributed by atoms with Crippen LogP contribution in [0.2, 0.25) is 0 Å². The maximum atomic E-state index is 12.7. The average Bonchev–Trinajstić information content (AvgIpc) is 3.39. The number of rotatable bonds is 4. The van der Waals surface area contributed by atoms with E-state index in [9.17, 15) is 17.8 Å². The van der Waals surface area contributed by atoms with Crippen molar-refractivity contribution in [2.24, 2.45) is 0 Å². The van der Waals surface area contributed by atoms with Gasteiger partial charge in [0.2, 0.25) is 5.71 Å². The van der Waals surface area contributed by atoms with E-state index < -0.39 is 10.1 Å². The summed E-state index contributed by atoms with van der Waals surface area (Å²) in [6.45, 7) is 3.86. The number of hydrogen-bond acceptors (Lipinski definition) is 4. The molecule has 0 amide bonds. The molecule has 180 valence electrons.